The van der Waals surface area contributed by atoms with Crippen LogP contribution in [0.15, 0.2) is 18.2 Å². The van der Waals surface area contributed by atoms with E-state index < -0.39 is 22.9 Å². The number of nitro benzene ring substituents is 1. The molecule has 0 bridgehead atoms. The summed E-state index contributed by atoms with van der Waals surface area (Å²) in [7, 11) is 1.35. The first-order chi connectivity index (χ1) is 14.0. The first-order valence-electron chi connectivity index (χ1n) is 8.77. The van der Waals surface area contributed by atoms with Crippen molar-refractivity contribution in [1.82, 2.24) is 0 Å². The highest BCUT2D eigenvalue weighted by molar-refractivity contribution is 7.16. The zero-order valence-corrected chi connectivity index (χ0v) is 17.8. The van der Waals surface area contributed by atoms with Crippen molar-refractivity contribution < 1.29 is 28.8 Å². The lowest BCUT2D eigenvalue weighted by Gasteiger charge is -2.15. The Balaban J connectivity index is 2.19. The maximum atomic E-state index is 12.7. The molecular formula is C19H21N3O7S. The summed E-state index contributed by atoms with van der Waals surface area (Å²) in [6, 6.07) is 3.73. The molecule has 0 unspecified atom stereocenters. The Morgan fingerprint density at radius 1 is 1.20 bits per heavy atom. The number of nitrogens with one attached hydrogen (secondary N) is 2. The fourth-order valence-electron chi connectivity index (χ4n) is 2.54. The summed E-state index contributed by atoms with van der Waals surface area (Å²) < 4.78 is 10.4. The number of amides is 2. The average Bonchev–Trinajstić information content (AvgIpc) is 2.94. The monoisotopic (exact) mass is 435 g/mol. The predicted molar refractivity (Wildman–Crippen MR) is 111 cm³/mol. The lowest BCUT2D eigenvalue weighted by Crippen LogP contribution is -2.30. The number of hydrogen-bond donors (Lipinski definition) is 2. The van der Waals surface area contributed by atoms with Crippen LogP contribution in [0.2, 0.25) is 0 Å². The highest BCUT2D eigenvalue weighted by Crippen LogP contribution is 2.33. The number of benzene rings is 1. The smallest absolute Gasteiger partial charge is 0.342 e. The topological polar surface area (TPSA) is 137 Å². The number of methoxy groups -OCH3 is 1. The van der Waals surface area contributed by atoms with Gasteiger partial charge in [-0.2, -0.15) is 0 Å². The van der Waals surface area contributed by atoms with E-state index in [1.54, 1.807) is 13.8 Å². The van der Waals surface area contributed by atoms with E-state index in [0.717, 1.165) is 10.9 Å². The summed E-state index contributed by atoms with van der Waals surface area (Å²) in [4.78, 5) is 47.7. The van der Waals surface area contributed by atoms with Gasteiger partial charge in [0.1, 0.15) is 10.8 Å². The van der Waals surface area contributed by atoms with E-state index in [9.17, 15) is 24.5 Å². The Kier molecular flexibility index (Phi) is 7.11. The van der Waals surface area contributed by atoms with Gasteiger partial charge in [-0.1, -0.05) is 0 Å². The minimum Gasteiger partial charge on any atom is -0.495 e. The number of carbonyl (C=O) groups excluding carboxylic acids is 3. The van der Waals surface area contributed by atoms with Crippen molar-refractivity contribution >= 4 is 45.5 Å². The van der Waals surface area contributed by atoms with E-state index in [4.69, 9.17) is 9.47 Å². The molecule has 0 saturated carbocycles. The van der Waals surface area contributed by atoms with Crippen LogP contribution >= 0.6 is 11.3 Å². The maximum absolute atomic E-state index is 12.7. The zero-order chi connectivity index (χ0) is 22.6. The average molecular weight is 435 g/mol. The Hall–Kier alpha value is -3.47. The number of non-ortho nitro benzene ring substituents is 1. The summed E-state index contributed by atoms with van der Waals surface area (Å²) in [6.07, 6.45) is -1.22. The highest BCUT2D eigenvalue weighted by Gasteiger charge is 2.26. The van der Waals surface area contributed by atoms with Crippen molar-refractivity contribution in [2.45, 2.75) is 33.8 Å². The van der Waals surface area contributed by atoms with Crippen molar-refractivity contribution in [2.24, 2.45) is 0 Å². The zero-order valence-electron chi connectivity index (χ0n) is 17.0. The summed E-state index contributed by atoms with van der Waals surface area (Å²) in [5.41, 5.74) is 0.656. The fraction of sp³-hybridized carbons (Fsp3) is 0.316. The van der Waals surface area contributed by atoms with Crippen LogP contribution in [0.5, 0.6) is 5.75 Å². The second kappa shape index (κ2) is 9.35. The number of nitrogens with zero attached hydrogens (tertiary/aromatic N) is 1. The van der Waals surface area contributed by atoms with Crippen molar-refractivity contribution in [2.75, 3.05) is 17.7 Å². The standard InChI is InChI=1S/C19H21N3O7S/c1-9-11(3)30-18(20-12(4)23)16(9)19(25)29-10(2)17(24)21-14-8-13(22(26)27)6-7-15(14)28-5/h6-8,10H,1-5H3,(H,20,23)(H,21,24)/t10-/m1/s1. The second-order valence-corrected chi connectivity index (χ2v) is 7.57. The molecule has 10 nitrogen and oxygen atoms in total. The van der Waals surface area contributed by atoms with Crippen molar-refractivity contribution in [1.29, 1.82) is 0 Å². The molecule has 1 aromatic carbocycles. The Morgan fingerprint density at radius 3 is 2.43 bits per heavy atom. The first kappa shape index (κ1) is 22.8. The minimum absolute atomic E-state index is 0.0705. The summed E-state index contributed by atoms with van der Waals surface area (Å²) in [5, 5.41) is 16.4. The molecular weight excluding hydrogens is 414 g/mol. The molecule has 2 N–H and O–H groups in total. The molecule has 1 atom stereocenters. The number of esters is 1. The number of ether oxygens (including phenoxy) is 2. The first-order valence-corrected chi connectivity index (χ1v) is 9.58. The van der Waals surface area contributed by atoms with Crippen LogP contribution in [0.3, 0.4) is 0 Å². The molecule has 11 heteroatoms. The Morgan fingerprint density at radius 2 is 1.87 bits per heavy atom. The molecule has 2 aromatic rings. The lowest BCUT2D eigenvalue weighted by molar-refractivity contribution is -0.384. The third-order valence-corrected chi connectivity index (χ3v) is 5.31. The van der Waals surface area contributed by atoms with Gasteiger partial charge < -0.3 is 20.1 Å². The van der Waals surface area contributed by atoms with Crippen LogP contribution in [-0.2, 0) is 14.3 Å². The fourth-order valence-corrected chi connectivity index (χ4v) is 3.63. The Labute approximate surface area is 176 Å². The van der Waals surface area contributed by atoms with Crippen LogP contribution in [0.1, 0.15) is 34.6 Å². The van der Waals surface area contributed by atoms with Gasteiger partial charge >= 0.3 is 5.97 Å². The molecule has 1 heterocycles. The van der Waals surface area contributed by atoms with E-state index in [1.165, 1.54) is 44.4 Å². The van der Waals surface area contributed by atoms with Gasteiger partial charge in [-0.05, 0) is 32.4 Å². The summed E-state index contributed by atoms with van der Waals surface area (Å²) in [6.45, 7) is 6.20. The number of hydrogen-bond acceptors (Lipinski definition) is 8. The number of thiophene rings is 1. The van der Waals surface area contributed by atoms with Crippen molar-refractivity contribution in [3.05, 3.63) is 44.3 Å². The van der Waals surface area contributed by atoms with Gasteiger partial charge in [0, 0.05) is 23.9 Å². The molecule has 0 spiro atoms. The van der Waals surface area contributed by atoms with Gasteiger partial charge in [-0.25, -0.2) is 4.79 Å². The number of nitro groups is 1. The number of rotatable bonds is 7. The summed E-state index contributed by atoms with van der Waals surface area (Å²) >= 11 is 1.23. The molecule has 30 heavy (non-hydrogen) atoms. The Bertz CT molecular complexity index is 1020. The quantitative estimate of drug-likeness (QED) is 0.386. The summed E-state index contributed by atoms with van der Waals surface area (Å²) in [5.74, 6) is -1.60. The van der Waals surface area contributed by atoms with Crippen LogP contribution in [0.4, 0.5) is 16.4 Å². The SMILES string of the molecule is COc1ccc([N+](=O)[O-])cc1NC(=O)[C@@H](C)OC(=O)c1c(NC(C)=O)sc(C)c1C. The van der Waals surface area contributed by atoms with Crippen molar-refractivity contribution in [3.8, 4) is 5.75 Å². The molecule has 2 amide bonds. The molecule has 0 radical (unpaired) electrons. The van der Waals surface area contributed by atoms with Crippen LogP contribution in [0.25, 0.3) is 0 Å². The van der Waals surface area contributed by atoms with E-state index in [2.05, 4.69) is 10.6 Å². The molecule has 0 aliphatic heterocycles. The number of carbonyl (C=O) groups is 3. The third kappa shape index (κ3) is 5.11. The molecule has 0 aliphatic carbocycles. The molecule has 160 valence electrons. The highest BCUT2D eigenvalue weighted by atomic mass is 32.1. The van der Waals surface area contributed by atoms with Gasteiger partial charge in [-0.15, -0.1) is 11.3 Å². The molecule has 0 fully saturated rings. The third-order valence-electron chi connectivity index (χ3n) is 4.18. The molecule has 2 rings (SSSR count). The number of anilines is 2. The van der Waals surface area contributed by atoms with Gasteiger partial charge in [0.05, 0.1) is 23.3 Å². The molecule has 0 saturated heterocycles. The number of aryl methyl sites for hydroxylation is 1. The van der Waals surface area contributed by atoms with Gasteiger partial charge in [0.2, 0.25) is 5.91 Å². The van der Waals surface area contributed by atoms with Gasteiger partial charge in [0.15, 0.2) is 6.10 Å². The van der Waals surface area contributed by atoms with Crippen molar-refractivity contribution in [3.63, 3.8) is 0 Å². The maximum Gasteiger partial charge on any atom is 0.342 e. The largest absolute Gasteiger partial charge is 0.495 e. The van der Waals surface area contributed by atoms with E-state index in [0.29, 0.717) is 10.6 Å². The van der Waals surface area contributed by atoms with Crippen LogP contribution in [0, 0.1) is 24.0 Å². The lowest BCUT2D eigenvalue weighted by atomic mass is 10.1. The van der Waals surface area contributed by atoms with Crippen LogP contribution < -0.4 is 15.4 Å². The molecule has 1 aromatic heterocycles. The van der Waals surface area contributed by atoms with Gasteiger partial charge in [0.25, 0.3) is 11.6 Å². The molecule has 0 aliphatic rings. The second-order valence-electron chi connectivity index (χ2n) is 6.35. The van der Waals surface area contributed by atoms with Gasteiger partial charge in [-0.3, -0.25) is 19.7 Å². The van der Waals surface area contributed by atoms with E-state index >= 15 is 0 Å². The normalized spacial score (nSPS) is 11.4. The van der Waals surface area contributed by atoms with Crippen LogP contribution in [-0.4, -0.2) is 35.9 Å². The minimum atomic E-state index is -1.22. The predicted octanol–water partition coefficient (Wildman–Crippen LogP) is 3.42. The van der Waals surface area contributed by atoms with E-state index in [-0.39, 0.29) is 28.6 Å². The van der Waals surface area contributed by atoms with E-state index in [1.807, 2.05) is 0 Å².